The second-order valence-corrected chi connectivity index (χ2v) is 5.88. The van der Waals surface area contributed by atoms with E-state index in [9.17, 15) is 0 Å². The van der Waals surface area contributed by atoms with Crippen LogP contribution in [0, 0.1) is 5.92 Å². The van der Waals surface area contributed by atoms with Gasteiger partial charge in [0.15, 0.2) is 5.96 Å². The van der Waals surface area contributed by atoms with E-state index in [4.69, 9.17) is 9.47 Å². The van der Waals surface area contributed by atoms with Gasteiger partial charge in [-0.05, 0) is 30.0 Å². The SMILES string of the molecule is CN=C(NCCC(C)C)NCc1cccc(OCCCOC)c1. The summed E-state index contributed by atoms with van der Waals surface area (Å²) >= 11 is 0. The Hall–Kier alpha value is -1.75. The van der Waals surface area contributed by atoms with Crippen LogP contribution in [0.5, 0.6) is 5.75 Å². The largest absolute Gasteiger partial charge is 0.493 e. The summed E-state index contributed by atoms with van der Waals surface area (Å²) in [6.45, 7) is 7.48. The van der Waals surface area contributed by atoms with Gasteiger partial charge in [0.2, 0.25) is 0 Å². The van der Waals surface area contributed by atoms with Crippen molar-refractivity contribution < 1.29 is 9.47 Å². The number of methoxy groups -OCH3 is 1. The fourth-order valence-corrected chi connectivity index (χ4v) is 2.02. The number of guanidine groups is 1. The second-order valence-electron chi connectivity index (χ2n) is 5.88. The number of hydrogen-bond acceptors (Lipinski definition) is 3. The standard InChI is InChI=1S/C18H31N3O2/c1-15(2)9-10-20-18(19-3)21-14-16-7-5-8-17(13-16)23-12-6-11-22-4/h5,7-8,13,15H,6,9-12,14H2,1-4H3,(H2,19,20,21). The fourth-order valence-electron chi connectivity index (χ4n) is 2.02. The second kappa shape index (κ2) is 11.8. The highest BCUT2D eigenvalue weighted by Gasteiger charge is 2.01. The number of benzene rings is 1. The molecule has 0 aromatic heterocycles. The summed E-state index contributed by atoms with van der Waals surface area (Å²) in [6, 6.07) is 8.13. The predicted molar refractivity (Wildman–Crippen MR) is 96.1 cm³/mol. The van der Waals surface area contributed by atoms with Crippen molar-refractivity contribution >= 4 is 5.96 Å². The molecule has 5 heteroatoms. The van der Waals surface area contributed by atoms with Crippen molar-refractivity contribution in [1.29, 1.82) is 0 Å². The van der Waals surface area contributed by atoms with Gasteiger partial charge >= 0.3 is 0 Å². The Bertz CT molecular complexity index is 461. The maximum atomic E-state index is 5.72. The first-order valence-electron chi connectivity index (χ1n) is 8.31. The summed E-state index contributed by atoms with van der Waals surface area (Å²) in [7, 11) is 3.49. The van der Waals surface area contributed by atoms with Gasteiger partial charge in [0.25, 0.3) is 0 Å². The van der Waals surface area contributed by atoms with Gasteiger partial charge in [0.1, 0.15) is 5.75 Å². The van der Waals surface area contributed by atoms with Gasteiger partial charge in [-0.3, -0.25) is 4.99 Å². The number of ether oxygens (including phenoxy) is 2. The van der Waals surface area contributed by atoms with E-state index in [0.717, 1.165) is 44.2 Å². The molecule has 0 radical (unpaired) electrons. The molecule has 0 amide bonds. The molecular formula is C18H31N3O2. The maximum Gasteiger partial charge on any atom is 0.191 e. The van der Waals surface area contributed by atoms with Crippen molar-refractivity contribution in [1.82, 2.24) is 10.6 Å². The lowest BCUT2D eigenvalue weighted by Crippen LogP contribution is -2.37. The number of nitrogens with one attached hydrogen (secondary N) is 2. The quantitative estimate of drug-likeness (QED) is 0.395. The van der Waals surface area contributed by atoms with Gasteiger partial charge in [0.05, 0.1) is 6.61 Å². The molecule has 0 heterocycles. The highest BCUT2D eigenvalue weighted by Crippen LogP contribution is 2.13. The molecule has 0 atom stereocenters. The molecule has 1 rings (SSSR count). The third kappa shape index (κ3) is 9.08. The van der Waals surface area contributed by atoms with Crippen LogP contribution in [0.15, 0.2) is 29.3 Å². The summed E-state index contributed by atoms with van der Waals surface area (Å²) in [5.74, 6) is 2.41. The maximum absolute atomic E-state index is 5.72. The summed E-state index contributed by atoms with van der Waals surface area (Å²) in [6.07, 6.45) is 2.02. The Labute approximate surface area is 140 Å². The van der Waals surface area contributed by atoms with E-state index in [2.05, 4.69) is 41.6 Å². The predicted octanol–water partition coefficient (Wildman–Crippen LogP) is 2.81. The molecule has 0 unspecified atom stereocenters. The van der Waals surface area contributed by atoms with E-state index in [1.54, 1.807) is 14.2 Å². The third-order valence-electron chi connectivity index (χ3n) is 3.36. The van der Waals surface area contributed by atoms with Crippen molar-refractivity contribution in [3.05, 3.63) is 29.8 Å². The number of aliphatic imine (C=N–C) groups is 1. The smallest absolute Gasteiger partial charge is 0.191 e. The number of rotatable bonds is 10. The van der Waals surface area contributed by atoms with Crippen LogP contribution in [-0.4, -0.2) is 39.9 Å². The fraction of sp³-hybridized carbons (Fsp3) is 0.611. The Morgan fingerprint density at radius 1 is 1.22 bits per heavy atom. The average molecular weight is 321 g/mol. The highest BCUT2D eigenvalue weighted by molar-refractivity contribution is 5.79. The Kier molecular flexibility index (Phi) is 9.87. The van der Waals surface area contributed by atoms with Crippen molar-refractivity contribution in [2.24, 2.45) is 10.9 Å². The monoisotopic (exact) mass is 321 g/mol. The molecular weight excluding hydrogens is 290 g/mol. The van der Waals surface area contributed by atoms with Crippen molar-refractivity contribution in [3.63, 3.8) is 0 Å². The minimum atomic E-state index is 0.670. The Balaban J connectivity index is 2.38. The summed E-state index contributed by atoms with van der Waals surface area (Å²) in [4.78, 5) is 4.24. The van der Waals surface area contributed by atoms with Gasteiger partial charge < -0.3 is 20.1 Å². The molecule has 0 fully saturated rings. The highest BCUT2D eigenvalue weighted by atomic mass is 16.5. The van der Waals surface area contributed by atoms with E-state index in [1.807, 2.05) is 12.1 Å². The molecule has 2 N–H and O–H groups in total. The lowest BCUT2D eigenvalue weighted by atomic mass is 10.1. The Morgan fingerprint density at radius 2 is 2.04 bits per heavy atom. The molecule has 0 saturated heterocycles. The first kappa shape index (κ1) is 19.3. The van der Waals surface area contributed by atoms with Gasteiger partial charge in [-0.25, -0.2) is 0 Å². The summed E-state index contributed by atoms with van der Waals surface area (Å²) in [5, 5.41) is 6.65. The van der Waals surface area contributed by atoms with E-state index >= 15 is 0 Å². The van der Waals surface area contributed by atoms with Crippen molar-refractivity contribution in [2.45, 2.75) is 33.2 Å². The van der Waals surface area contributed by atoms with Crippen LogP contribution in [0.1, 0.15) is 32.3 Å². The molecule has 0 aliphatic heterocycles. The van der Waals surface area contributed by atoms with E-state index < -0.39 is 0 Å². The zero-order valence-electron chi connectivity index (χ0n) is 14.9. The first-order valence-corrected chi connectivity index (χ1v) is 8.31. The zero-order valence-corrected chi connectivity index (χ0v) is 14.9. The lowest BCUT2D eigenvalue weighted by Gasteiger charge is -2.13. The minimum Gasteiger partial charge on any atom is -0.493 e. The van der Waals surface area contributed by atoms with E-state index in [-0.39, 0.29) is 0 Å². The molecule has 1 aromatic carbocycles. The first-order chi connectivity index (χ1) is 11.2. The van der Waals surface area contributed by atoms with Crippen LogP contribution in [0.3, 0.4) is 0 Å². The summed E-state index contributed by atoms with van der Waals surface area (Å²) < 4.78 is 10.7. The Morgan fingerprint density at radius 3 is 2.74 bits per heavy atom. The normalized spacial score (nSPS) is 11.6. The molecule has 0 bridgehead atoms. The number of nitrogens with zero attached hydrogens (tertiary/aromatic N) is 1. The molecule has 23 heavy (non-hydrogen) atoms. The molecule has 0 saturated carbocycles. The molecule has 0 spiro atoms. The van der Waals surface area contributed by atoms with Crippen LogP contribution in [0.2, 0.25) is 0 Å². The van der Waals surface area contributed by atoms with Gasteiger partial charge in [-0.1, -0.05) is 26.0 Å². The van der Waals surface area contributed by atoms with E-state index in [1.165, 1.54) is 5.56 Å². The topological polar surface area (TPSA) is 54.9 Å². The molecule has 0 aliphatic rings. The molecule has 130 valence electrons. The molecule has 1 aromatic rings. The van der Waals surface area contributed by atoms with E-state index in [0.29, 0.717) is 12.5 Å². The van der Waals surface area contributed by atoms with Gasteiger partial charge in [0, 0.05) is 40.3 Å². The van der Waals surface area contributed by atoms with Crippen molar-refractivity contribution in [3.8, 4) is 5.75 Å². The van der Waals surface area contributed by atoms with Crippen molar-refractivity contribution in [2.75, 3.05) is 33.9 Å². The van der Waals surface area contributed by atoms with Crippen LogP contribution < -0.4 is 15.4 Å². The lowest BCUT2D eigenvalue weighted by molar-refractivity contribution is 0.172. The average Bonchev–Trinajstić information content (AvgIpc) is 2.55. The molecule has 0 aliphatic carbocycles. The summed E-state index contributed by atoms with van der Waals surface area (Å²) in [5.41, 5.74) is 1.17. The van der Waals surface area contributed by atoms with Gasteiger partial charge in [-0.15, -0.1) is 0 Å². The van der Waals surface area contributed by atoms with Gasteiger partial charge in [-0.2, -0.15) is 0 Å². The molecule has 5 nitrogen and oxygen atoms in total. The van der Waals surface area contributed by atoms with Crippen LogP contribution in [0.4, 0.5) is 0 Å². The van der Waals surface area contributed by atoms with Crippen LogP contribution in [-0.2, 0) is 11.3 Å². The number of hydrogen-bond donors (Lipinski definition) is 2. The van der Waals surface area contributed by atoms with Crippen LogP contribution in [0.25, 0.3) is 0 Å². The zero-order chi connectivity index (χ0) is 16.9. The minimum absolute atomic E-state index is 0.670. The van der Waals surface area contributed by atoms with Crippen LogP contribution >= 0.6 is 0 Å². The third-order valence-corrected chi connectivity index (χ3v) is 3.36.